The van der Waals surface area contributed by atoms with Crippen LogP contribution >= 0.6 is 11.6 Å². The number of hydrogen-bond donors (Lipinski definition) is 0. The van der Waals surface area contributed by atoms with Crippen molar-refractivity contribution in [2.24, 2.45) is 0 Å². The molecular weight excluding hydrogens is 293 g/mol. The minimum Gasteiger partial charge on any atom is -0.468 e. The average molecular weight is 306 g/mol. The van der Waals surface area contributed by atoms with Crippen molar-refractivity contribution in [3.05, 3.63) is 29.3 Å². The van der Waals surface area contributed by atoms with Crippen LogP contribution in [-0.4, -0.2) is 40.4 Å². The molecule has 104 valence electrons. The third-order valence-corrected chi connectivity index (χ3v) is 4.66. The zero-order valence-electron chi connectivity index (χ0n) is 10.2. The largest absolute Gasteiger partial charge is 0.468 e. The topological polar surface area (TPSA) is 46.6 Å². The molecule has 0 saturated carbocycles. The fourth-order valence-electron chi connectivity index (χ4n) is 1.98. The molecule has 0 aliphatic carbocycles. The quantitative estimate of drug-likeness (QED) is 0.802. The van der Waals surface area contributed by atoms with Crippen molar-refractivity contribution in [2.75, 3.05) is 13.7 Å². The van der Waals surface area contributed by atoms with Gasteiger partial charge in [-0.15, -0.1) is 0 Å². The van der Waals surface area contributed by atoms with E-state index in [1.54, 1.807) is 24.3 Å². The Bertz CT molecular complexity index is 496. The number of carbonyl (C=O) groups is 1. The second-order valence-corrected chi connectivity index (χ2v) is 6.05. The molecule has 0 N–H and O–H groups in total. The molecule has 3 atom stereocenters. The highest BCUT2D eigenvalue weighted by molar-refractivity contribution is 7.82. The Labute approximate surface area is 118 Å². The summed E-state index contributed by atoms with van der Waals surface area (Å²) in [6, 6.07) is 5.59. The highest BCUT2D eigenvalue weighted by atomic mass is 35.5. The zero-order chi connectivity index (χ0) is 14.0. The van der Waals surface area contributed by atoms with E-state index in [4.69, 9.17) is 11.6 Å². The molecule has 0 spiro atoms. The maximum absolute atomic E-state index is 13.5. The highest BCUT2D eigenvalue weighted by Gasteiger charge is 2.41. The first-order chi connectivity index (χ1) is 9.02. The Kier molecular flexibility index (Phi) is 4.54. The molecule has 4 nitrogen and oxygen atoms in total. The van der Waals surface area contributed by atoms with Gasteiger partial charge < -0.3 is 4.74 Å². The maximum atomic E-state index is 13.5. The van der Waals surface area contributed by atoms with Crippen LogP contribution in [0.1, 0.15) is 6.42 Å². The van der Waals surface area contributed by atoms with Gasteiger partial charge in [-0.2, -0.15) is 0 Å². The van der Waals surface area contributed by atoms with Crippen LogP contribution in [0, 0.1) is 0 Å². The van der Waals surface area contributed by atoms with Gasteiger partial charge in [-0.25, -0.2) is 12.9 Å². The monoisotopic (exact) mass is 305 g/mol. The summed E-state index contributed by atoms with van der Waals surface area (Å²) < 4.78 is 31.7. The summed E-state index contributed by atoms with van der Waals surface area (Å²) in [5.74, 6) is -0.567. The number of benzene rings is 1. The Morgan fingerprint density at radius 2 is 2.11 bits per heavy atom. The fraction of sp³-hybridized carbons (Fsp3) is 0.417. The number of alkyl halides is 1. The van der Waals surface area contributed by atoms with Crippen molar-refractivity contribution in [1.29, 1.82) is 0 Å². The molecule has 1 aromatic rings. The van der Waals surface area contributed by atoms with Gasteiger partial charge in [0.2, 0.25) is 0 Å². The van der Waals surface area contributed by atoms with E-state index in [0.29, 0.717) is 9.92 Å². The zero-order valence-corrected chi connectivity index (χ0v) is 11.8. The molecule has 1 fully saturated rings. The summed E-state index contributed by atoms with van der Waals surface area (Å²) in [4.78, 5) is 12.1. The molecule has 0 amide bonds. The fourth-order valence-corrected chi connectivity index (χ4v) is 3.44. The highest BCUT2D eigenvalue weighted by Crippen LogP contribution is 2.26. The number of halogens is 2. The molecule has 2 rings (SSSR count). The number of methoxy groups -OCH3 is 1. The van der Waals surface area contributed by atoms with Gasteiger partial charge in [0, 0.05) is 18.0 Å². The van der Waals surface area contributed by atoms with E-state index in [-0.39, 0.29) is 13.0 Å². The maximum Gasteiger partial charge on any atom is 0.324 e. The molecule has 1 unspecified atom stereocenters. The SMILES string of the molecule is COC(=O)[C@H]1C[C@@H](F)CN1S(=O)c1ccc(Cl)cc1. The molecule has 19 heavy (non-hydrogen) atoms. The van der Waals surface area contributed by atoms with Crippen molar-refractivity contribution in [3.8, 4) is 0 Å². The molecule has 1 aliphatic rings. The first-order valence-corrected chi connectivity index (χ1v) is 7.17. The second-order valence-electron chi connectivity index (χ2n) is 4.17. The average Bonchev–Trinajstić information content (AvgIpc) is 2.80. The summed E-state index contributed by atoms with van der Waals surface area (Å²) in [6.45, 7) is -0.0466. The van der Waals surface area contributed by atoms with E-state index < -0.39 is 29.2 Å². The number of hydrogen-bond acceptors (Lipinski definition) is 3. The minimum absolute atomic E-state index is 0.00596. The van der Waals surface area contributed by atoms with Gasteiger partial charge in [0.05, 0.1) is 12.0 Å². The first kappa shape index (κ1) is 14.4. The van der Waals surface area contributed by atoms with Crippen molar-refractivity contribution < 1.29 is 18.1 Å². The van der Waals surface area contributed by atoms with Crippen LogP contribution in [0.3, 0.4) is 0 Å². The van der Waals surface area contributed by atoms with Gasteiger partial charge in [0.25, 0.3) is 0 Å². The van der Waals surface area contributed by atoms with Crippen molar-refractivity contribution in [1.82, 2.24) is 4.31 Å². The van der Waals surface area contributed by atoms with Gasteiger partial charge in [-0.1, -0.05) is 11.6 Å². The summed E-state index contributed by atoms with van der Waals surface area (Å²) in [5.41, 5.74) is 0. The van der Waals surface area contributed by atoms with Gasteiger partial charge in [-0.05, 0) is 24.3 Å². The predicted molar refractivity (Wildman–Crippen MR) is 69.9 cm³/mol. The van der Waals surface area contributed by atoms with E-state index in [2.05, 4.69) is 4.74 Å². The van der Waals surface area contributed by atoms with E-state index in [9.17, 15) is 13.4 Å². The molecule has 7 heteroatoms. The Morgan fingerprint density at radius 3 is 2.68 bits per heavy atom. The predicted octanol–water partition coefficient (Wildman–Crippen LogP) is 1.95. The van der Waals surface area contributed by atoms with Crippen LogP contribution in [0.15, 0.2) is 29.2 Å². The lowest BCUT2D eigenvalue weighted by Gasteiger charge is -2.20. The number of esters is 1. The molecule has 1 aromatic carbocycles. The first-order valence-electron chi connectivity index (χ1n) is 5.69. The lowest BCUT2D eigenvalue weighted by molar-refractivity contribution is -0.144. The molecule has 0 bridgehead atoms. The molecule has 0 aromatic heterocycles. The number of rotatable bonds is 3. The Morgan fingerprint density at radius 1 is 1.47 bits per heavy atom. The smallest absolute Gasteiger partial charge is 0.324 e. The summed E-state index contributed by atoms with van der Waals surface area (Å²) >= 11 is 5.75. The van der Waals surface area contributed by atoms with Crippen LogP contribution in [0.25, 0.3) is 0 Å². The van der Waals surface area contributed by atoms with Crippen molar-refractivity contribution >= 4 is 28.6 Å². The van der Waals surface area contributed by atoms with Gasteiger partial charge in [0.15, 0.2) is 0 Å². The van der Waals surface area contributed by atoms with Crippen molar-refractivity contribution in [2.45, 2.75) is 23.5 Å². The van der Waals surface area contributed by atoms with Gasteiger partial charge in [-0.3, -0.25) is 4.79 Å². The third kappa shape index (κ3) is 3.13. The lowest BCUT2D eigenvalue weighted by atomic mass is 10.2. The summed E-state index contributed by atoms with van der Waals surface area (Å²) in [7, 11) is -0.373. The lowest BCUT2D eigenvalue weighted by Crippen LogP contribution is -2.38. The van der Waals surface area contributed by atoms with Crippen LogP contribution < -0.4 is 0 Å². The number of ether oxygens (including phenoxy) is 1. The second kappa shape index (κ2) is 5.98. The van der Waals surface area contributed by atoms with Gasteiger partial charge >= 0.3 is 5.97 Å². The van der Waals surface area contributed by atoms with Crippen LogP contribution in [0.5, 0.6) is 0 Å². The van der Waals surface area contributed by atoms with Gasteiger partial charge in [0.1, 0.15) is 23.2 Å². The minimum atomic E-state index is -1.61. The van der Waals surface area contributed by atoms with E-state index in [1.807, 2.05) is 0 Å². The normalized spacial score (nSPS) is 25.2. The van der Waals surface area contributed by atoms with Crippen molar-refractivity contribution in [3.63, 3.8) is 0 Å². The van der Waals surface area contributed by atoms with E-state index in [1.165, 1.54) is 11.4 Å². The third-order valence-electron chi connectivity index (χ3n) is 2.91. The molecule has 1 heterocycles. The van der Waals surface area contributed by atoms with Crippen LogP contribution in [0.4, 0.5) is 4.39 Å². The van der Waals surface area contributed by atoms with E-state index in [0.717, 1.165) is 0 Å². The number of nitrogens with zero attached hydrogens (tertiary/aromatic N) is 1. The molecular formula is C12H13ClFNO3S. The van der Waals surface area contributed by atoms with E-state index >= 15 is 0 Å². The molecule has 1 saturated heterocycles. The molecule has 1 aliphatic heterocycles. The molecule has 0 radical (unpaired) electrons. The summed E-state index contributed by atoms with van der Waals surface area (Å²) in [5, 5.41) is 0.523. The van der Waals surface area contributed by atoms with Crippen LogP contribution in [-0.2, 0) is 20.5 Å². The summed E-state index contributed by atoms with van der Waals surface area (Å²) in [6.07, 6.45) is -1.17. The Balaban J connectivity index is 2.21. The standard InChI is InChI=1S/C12H13ClFNO3S/c1-18-12(16)11-6-9(14)7-15(11)19(17)10-4-2-8(13)3-5-10/h2-5,9,11H,6-7H2,1H3/t9-,11-,19?/m1/s1. The van der Waals surface area contributed by atoms with Crippen LogP contribution in [0.2, 0.25) is 5.02 Å². The Hall–Kier alpha value is -0.980. The number of carbonyl (C=O) groups excluding carboxylic acids is 1.